The summed E-state index contributed by atoms with van der Waals surface area (Å²) in [5.41, 5.74) is 2.38. The van der Waals surface area contributed by atoms with Crippen molar-refractivity contribution in [3.63, 3.8) is 0 Å². The summed E-state index contributed by atoms with van der Waals surface area (Å²) in [6.45, 7) is 6.49. The van der Waals surface area contributed by atoms with Crippen LogP contribution in [-0.4, -0.2) is 47.9 Å². The molecule has 0 aromatic heterocycles. The van der Waals surface area contributed by atoms with Crippen LogP contribution in [0, 0.1) is 11.3 Å². The van der Waals surface area contributed by atoms with Crippen LogP contribution in [-0.2, 0) is 11.3 Å². The SMILES string of the molecule is C[C@H](C(=O)Nc1ccccc1C#N)N1CCN(Cc2ccccc2)CC1. The van der Waals surface area contributed by atoms with Crippen LogP contribution in [0.2, 0.25) is 0 Å². The summed E-state index contributed by atoms with van der Waals surface area (Å²) < 4.78 is 0. The average Bonchev–Trinajstić information content (AvgIpc) is 2.69. The van der Waals surface area contributed by atoms with Gasteiger partial charge < -0.3 is 5.32 Å². The highest BCUT2D eigenvalue weighted by Gasteiger charge is 2.25. The van der Waals surface area contributed by atoms with Gasteiger partial charge >= 0.3 is 0 Å². The lowest BCUT2D eigenvalue weighted by Crippen LogP contribution is -2.52. The highest BCUT2D eigenvalue weighted by molar-refractivity contribution is 5.95. The number of amides is 1. The molecule has 1 fully saturated rings. The van der Waals surface area contributed by atoms with E-state index in [1.165, 1.54) is 5.56 Å². The van der Waals surface area contributed by atoms with Gasteiger partial charge in [-0.2, -0.15) is 5.26 Å². The lowest BCUT2D eigenvalue weighted by molar-refractivity contribution is -0.121. The zero-order chi connectivity index (χ0) is 18.4. The lowest BCUT2D eigenvalue weighted by Gasteiger charge is -2.37. The van der Waals surface area contributed by atoms with Gasteiger partial charge in [-0.1, -0.05) is 42.5 Å². The second-order valence-corrected chi connectivity index (χ2v) is 6.62. The van der Waals surface area contributed by atoms with Crippen molar-refractivity contribution in [2.45, 2.75) is 19.5 Å². The topological polar surface area (TPSA) is 59.4 Å². The Morgan fingerprint density at radius 3 is 2.42 bits per heavy atom. The molecule has 0 saturated carbocycles. The molecule has 0 bridgehead atoms. The van der Waals surface area contributed by atoms with Crippen LogP contribution < -0.4 is 5.32 Å². The Morgan fingerprint density at radius 2 is 1.73 bits per heavy atom. The molecule has 134 valence electrons. The summed E-state index contributed by atoms with van der Waals surface area (Å²) in [6.07, 6.45) is 0. The Bertz CT molecular complexity index is 776. The molecule has 1 saturated heterocycles. The van der Waals surface area contributed by atoms with E-state index < -0.39 is 0 Å². The standard InChI is InChI=1S/C21H24N4O/c1-17(21(26)23-20-10-6-5-9-19(20)15-22)25-13-11-24(12-14-25)16-18-7-3-2-4-8-18/h2-10,17H,11-14,16H2,1H3,(H,23,26)/t17-/m1/s1. The molecule has 5 nitrogen and oxygen atoms in total. The van der Waals surface area contributed by atoms with Gasteiger partial charge in [0.15, 0.2) is 0 Å². The van der Waals surface area contributed by atoms with E-state index in [0.29, 0.717) is 11.3 Å². The first kappa shape index (κ1) is 18.1. The van der Waals surface area contributed by atoms with Crippen LogP contribution in [0.4, 0.5) is 5.69 Å². The number of nitrogens with zero attached hydrogens (tertiary/aromatic N) is 3. The quantitative estimate of drug-likeness (QED) is 0.903. The second kappa shape index (κ2) is 8.61. The van der Waals surface area contributed by atoms with Crippen molar-refractivity contribution < 1.29 is 4.79 Å². The molecule has 1 aliphatic rings. The molecule has 0 aliphatic carbocycles. The normalized spacial score (nSPS) is 16.6. The molecule has 3 rings (SSSR count). The number of nitrogens with one attached hydrogen (secondary N) is 1. The summed E-state index contributed by atoms with van der Waals surface area (Å²) in [7, 11) is 0. The maximum absolute atomic E-state index is 12.6. The number of rotatable bonds is 5. The molecular weight excluding hydrogens is 324 g/mol. The highest BCUT2D eigenvalue weighted by Crippen LogP contribution is 2.16. The molecule has 5 heteroatoms. The zero-order valence-electron chi connectivity index (χ0n) is 15.1. The lowest BCUT2D eigenvalue weighted by atomic mass is 10.1. The average molecular weight is 348 g/mol. The second-order valence-electron chi connectivity index (χ2n) is 6.62. The number of piperazine rings is 1. The van der Waals surface area contributed by atoms with E-state index in [2.05, 4.69) is 45.5 Å². The molecule has 1 amide bonds. The molecule has 1 aliphatic heterocycles. The van der Waals surface area contributed by atoms with Gasteiger partial charge in [-0.05, 0) is 24.6 Å². The van der Waals surface area contributed by atoms with Crippen molar-refractivity contribution in [3.05, 3.63) is 65.7 Å². The van der Waals surface area contributed by atoms with E-state index in [1.54, 1.807) is 18.2 Å². The molecule has 1 heterocycles. The number of para-hydroxylation sites is 1. The predicted molar refractivity (Wildman–Crippen MR) is 103 cm³/mol. The minimum absolute atomic E-state index is 0.0655. The van der Waals surface area contributed by atoms with Crippen LogP contribution in [0.3, 0.4) is 0 Å². The largest absolute Gasteiger partial charge is 0.324 e. The molecular formula is C21H24N4O. The summed E-state index contributed by atoms with van der Waals surface area (Å²) in [5, 5.41) is 12.0. The number of carbonyl (C=O) groups excluding carboxylic acids is 1. The van der Waals surface area contributed by atoms with Gasteiger partial charge in [-0.3, -0.25) is 14.6 Å². The Balaban J connectivity index is 1.52. The fourth-order valence-corrected chi connectivity index (χ4v) is 3.24. The monoisotopic (exact) mass is 348 g/mol. The smallest absolute Gasteiger partial charge is 0.241 e. The Labute approximate surface area is 154 Å². The van der Waals surface area contributed by atoms with Crippen molar-refractivity contribution in [1.82, 2.24) is 9.80 Å². The fourth-order valence-electron chi connectivity index (χ4n) is 3.24. The number of hydrogen-bond donors (Lipinski definition) is 1. The van der Waals surface area contributed by atoms with E-state index in [9.17, 15) is 4.79 Å². The van der Waals surface area contributed by atoms with Gasteiger partial charge in [-0.15, -0.1) is 0 Å². The van der Waals surface area contributed by atoms with Crippen LogP contribution in [0.5, 0.6) is 0 Å². The van der Waals surface area contributed by atoms with Gasteiger partial charge in [0.05, 0.1) is 17.3 Å². The highest BCUT2D eigenvalue weighted by atomic mass is 16.2. The minimum Gasteiger partial charge on any atom is -0.324 e. The molecule has 1 N–H and O–H groups in total. The number of benzene rings is 2. The summed E-state index contributed by atoms with van der Waals surface area (Å²) in [4.78, 5) is 17.2. The van der Waals surface area contributed by atoms with Crippen LogP contribution in [0.25, 0.3) is 0 Å². The van der Waals surface area contributed by atoms with E-state index in [4.69, 9.17) is 5.26 Å². The molecule has 0 radical (unpaired) electrons. The van der Waals surface area contributed by atoms with Gasteiger partial charge in [-0.25, -0.2) is 0 Å². The summed E-state index contributed by atoms with van der Waals surface area (Å²) in [5.74, 6) is -0.0655. The van der Waals surface area contributed by atoms with Gasteiger partial charge in [0.25, 0.3) is 0 Å². The van der Waals surface area contributed by atoms with E-state index >= 15 is 0 Å². The third-order valence-corrected chi connectivity index (χ3v) is 4.89. The van der Waals surface area contributed by atoms with Crippen molar-refractivity contribution in [3.8, 4) is 6.07 Å². The first-order valence-electron chi connectivity index (χ1n) is 8.97. The van der Waals surface area contributed by atoms with Crippen LogP contribution in [0.1, 0.15) is 18.1 Å². The number of nitriles is 1. The van der Waals surface area contributed by atoms with Crippen LogP contribution >= 0.6 is 0 Å². The fraction of sp³-hybridized carbons (Fsp3) is 0.333. The summed E-state index contributed by atoms with van der Waals surface area (Å²) >= 11 is 0. The number of anilines is 1. The van der Waals surface area contributed by atoms with Crippen molar-refractivity contribution >= 4 is 11.6 Å². The molecule has 2 aromatic carbocycles. The van der Waals surface area contributed by atoms with Crippen molar-refractivity contribution in [1.29, 1.82) is 5.26 Å². The number of carbonyl (C=O) groups is 1. The first-order chi connectivity index (χ1) is 12.7. The predicted octanol–water partition coefficient (Wildman–Crippen LogP) is 2.70. The van der Waals surface area contributed by atoms with Crippen LogP contribution in [0.15, 0.2) is 54.6 Å². The third-order valence-electron chi connectivity index (χ3n) is 4.89. The van der Waals surface area contributed by atoms with E-state index in [0.717, 1.165) is 32.7 Å². The zero-order valence-corrected chi connectivity index (χ0v) is 15.1. The minimum atomic E-state index is -0.222. The Morgan fingerprint density at radius 1 is 1.08 bits per heavy atom. The molecule has 0 spiro atoms. The molecule has 0 unspecified atom stereocenters. The van der Waals surface area contributed by atoms with Gasteiger partial charge in [0.1, 0.15) is 6.07 Å². The maximum Gasteiger partial charge on any atom is 0.241 e. The van der Waals surface area contributed by atoms with E-state index in [1.807, 2.05) is 19.1 Å². The summed E-state index contributed by atoms with van der Waals surface area (Å²) in [6, 6.07) is 19.4. The Hall–Kier alpha value is -2.68. The molecule has 26 heavy (non-hydrogen) atoms. The molecule has 2 aromatic rings. The van der Waals surface area contributed by atoms with Gasteiger partial charge in [0.2, 0.25) is 5.91 Å². The van der Waals surface area contributed by atoms with E-state index in [-0.39, 0.29) is 11.9 Å². The van der Waals surface area contributed by atoms with Gasteiger partial charge in [0, 0.05) is 32.7 Å². The Kier molecular flexibility index (Phi) is 6.00. The first-order valence-corrected chi connectivity index (χ1v) is 8.97. The third kappa shape index (κ3) is 4.48. The van der Waals surface area contributed by atoms with Crippen molar-refractivity contribution in [2.24, 2.45) is 0 Å². The van der Waals surface area contributed by atoms with Crippen molar-refractivity contribution in [2.75, 3.05) is 31.5 Å². The maximum atomic E-state index is 12.6. The molecule has 1 atom stereocenters. The number of hydrogen-bond acceptors (Lipinski definition) is 4.